The number of halogens is 2. The molecule has 106 valence electrons. The summed E-state index contributed by atoms with van der Waals surface area (Å²) in [4.78, 5) is 0. The van der Waals surface area contributed by atoms with E-state index < -0.39 is 6.10 Å². The molecule has 1 N–H and O–H groups in total. The van der Waals surface area contributed by atoms with Gasteiger partial charge in [-0.1, -0.05) is 23.7 Å². The summed E-state index contributed by atoms with van der Waals surface area (Å²) in [5, 5.41) is 11.1. The second-order valence-electron chi connectivity index (χ2n) is 4.80. The minimum Gasteiger partial charge on any atom is -0.491 e. The molecular formula is C16H16ClIO2. The lowest BCUT2D eigenvalue weighted by atomic mass is 10.0. The third-order valence-corrected chi connectivity index (χ3v) is 4.04. The number of ether oxygens (including phenoxy) is 1. The Balaban J connectivity index is 2.24. The molecule has 0 radical (unpaired) electrons. The van der Waals surface area contributed by atoms with E-state index in [2.05, 4.69) is 22.6 Å². The Morgan fingerprint density at radius 2 is 1.75 bits per heavy atom. The first-order valence-electron chi connectivity index (χ1n) is 6.37. The monoisotopic (exact) mass is 402 g/mol. The molecule has 0 heterocycles. The molecular weight excluding hydrogens is 387 g/mol. The minimum atomic E-state index is -0.686. The zero-order valence-corrected chi connectivity index (χ0v) is 14.2. The van der Waals surface area contributed by atoms with Gasteiger partial charge in [-0.05, 0) is 77.9 Å². The maximum absolute atomic E-state index is 10.5. The molecule has 20 heavy (non-hydrogen) atoms. The predicted molar refractivity (Wildman–Crippen MR) is 90.4 cm³/mol. The fraction of sp³-hybridized carbons (Fsp3) is 0.250. The van der Waals surface area contributed by atoms with E-state index in [4.69, 9.17) is 16.3 Å². The minimum absolute atomic E-state index is 0.139. The van der Waals surface area contributed by atoms with Gasteiger partial charge in [0.05, 0.1) is 6.10 Å². The van der Waals surface area contributed by atoms with Gasteiger partial charge >= 0.3 is 0 Å². The summed E-state index contributed by atoms with van der Waals surface area (Å²) >= 11 is 8.19. The van der Waals surface area contributed by atoms with Gasteiger partial charge in [-0.15, -0.1) is 0 Å². The number of aliphatic hydroxyl groups excluding tert-OH is 1. The molecule has 0 saturated heterocycles. The molecule has 0 spiro atoms. The number of aliphatic hydroxyl groups is 1. The van der Waals surface area contributed by atoms with Gasteiger partial charge in [-0.2, -0.15) is 0 Å². The lowest BCUT2D eigenvalue weighted by molar-refractivity contribution is 0.218. The van der Waals surface area contributed by atoms with Crippen molar-refractivity contribution >= 4 is 34.2 Å². The van der Waals surface area contributed by atoms with Crippen molar-refractivity contribution in [1.82, 2.24) is 0 Å². The van der Waals surface area contributed by atoms with E-state index in [0.717, 1.165) is 20.4 Å². The van der Waals surface area contributed by atoms with Crippen LogP contribution in [0.5, 0.6) is 5.75 Å². The van der Waals surface area contributed by atoms with Crippen LogP contribution in [0, 0.1) is 3.57 Å². The summed E-state index contributed by atoms with van der Waals surface area (Å²) in [6, 6.07) is 13.0. The molecule has 4 heteroatoms. The van der Waals surface area contributed by atoms with Crippen molar-refractivity contribution < 1.29 is 9.84 Å². The average Bonchev–Trinajstić information content (AvgIpc) is 2.41. The van der Waals surface area contributed by atoms with Crippen LogP contribution in [0.25, 0.3) is 0 Å². The smallest absolute Gasteiger partial charge is 0.119 e. The Labute approximate surface area is 137 Å². The van der Waals surface area contributed by atoms with Gasteiger partial charge in [-0.25, -0.2) is 0 Å². The van der Waals surface area contributed by atoms with Crippen molar-refractivity contribution in [1.29, 1.82) is 0 Å². The maximum atomic E-state index is 10.5. The number of hydrogen-bond donors (Lipinski definition) is 1. The van der Waals surface area contributed by atoms with Gasteiger partial charge in [0.2, 0.25) is 0 Å². The SMILES string of the molecule is CC(C)Oc1ccc(C(O)c2cc(Cl)ccc2I)cc1. The average molecular weight is 403 g/mol. The Bertz CT molecular complexity index is 582. The first kappa shape index (κ1) is 15.6. The molecule has 0 aliphatic rings. The second kappa shape index (κ2) is 6.78. The fourth-order valence-electron chi connectivity index (χ4n) is 1.90. The normalized spacial score (nSPS) is 12.5. The Hall–Kier alpha value is -0.780. The predicted octanol–water partition coefficient (Wildman–Crippen LogP) is 4.81. The van der Waals surface area contributed by atoms with Gasteiger partial charge in [0.25, 0.3) is 0 Å². The van der Waals surface area contributed by atoms with Crippen molar-refractivity contribution in [2.75, 3.05) is 0 Å². The van der Waals surface area contributed by atoms with Crippen LogP contribution in [0.15, 0.2) is 42.5 Å². The molecule has 0 aliphatic heterocycles. The van der Waals surface area contributed by atoms with Crippen molar-refractivity contribution in [3.05, 3.63) is 62.2 Å². The van der Waals surface area contributed by atoms with Crippen LogP contribution in [-0.2, 0) is 0 Å². The van der Waals surface area contributed by atoms with E-state index in [0.29, 0.717) is 5.02 Å². The van der Waals surface area contributed by atoms with E-state index in [1.807, 2.05) is 50.2 Å². The number of benzene rings is 2. The lowest BCUT2D eigenvalue weighted by Crippen LogP contribution is -2.06. The molecule has 1 unspecified atom stereocenters. The fourth-order valence-corrected chi connectivity index (χ4v) is 2.72. The lowest BCUT2D eigenvalue weighted by Gasteiger charge is -2.15. The molecule has 0 saturated carbocycles. The highest BCUT2D eigenvalue weighted by molar-refractivity contribution is 14.1. The molecule has 0 amide bonds. The molecule has 0 aromatic heterocycles. The molecule has 2 rings (SSSR count). The molecule has 0 bridgehead atoms. The maximum Gasteiger partial charge on any atom is 0.119 e. The highest BCUT2D eigenvalue weighted by Crippen LogP contribution is 2.29. The van der Waals surface area contributed by atoms with Gasteiger partial charge in [0.1, 0.15) is 11.9 Å². The molecule has 0 fully saturated rings. The van der Waals surface area contributed by atoms with Crippen LogP contribution >= 0.6 is 34.2 Å². The topological polar surface area (TPSA) is 29.5 Å². The van der Waals surface area contributed by atoms with Crippen molar-refractivity contribution in [2.45, 2.75) is 26.1 Å². The summed E-state index contributed by atoms with van der Waals surface area (Å²) in [5.74, 6) is 0.803. The van der Waals surface area contributed by atoms with Gasteiger partial charge in [0.15, 0.2) is 0 Å². The van der Waals surface area contributed by atoms with Crippen LogP contribution in [0.3, 0.4) is 0 Å². The van der Waals surface area contributed by atoms with Crippen molar-refractivity contribution in [3.8, 4) is 5.75 Å². The zero-order valence-electron chi connectivity index (χ0n) is 11.3. The van der Waals surface area contributed by atoms with E-state index in [1.54, 1.807) is 6.07 Å². The van der Waals surface area contributed by atoms with Crippen LogP contribution < -0.4 is 4.74 Å². The summed E-state index contributed by atoms with van der Waals surface area (Å²) in [6.07, 6.45) is -0.548. The van der Waals surface area contributed by atoms with Crippen LogP contribution in [-0.4, -0.2) is 11.2 Å². The Morgan fingerprint density at radius 3 is 2.35 bits per heavy atom. The summed E-state index contributed by atoms with van der Waals surface area (Å²) in [6.45, 7) is 3.97. The Morgan fingerprint density at radius 1 is 1.10 bits per heavy atom. The molecule has 1 atom stereocenters. The molecule has 2 nitrogen and oxygen atoms in total. The van der Waals surface area contributed by atoms with E-state index in [1.165, 1.54) is 0 Å². The summed E-state index contributed by atoms with van der Waals surface area (Å²) in [7, 11) is 0. The third kappa shape index (κ3) is 3.87. The molecule has 2 aromatic rings. The first-order valence-corrected chi connectivity index (χ1v) is 7.82. The van der Waals surface area contributed by atoms with E-state index in [9.17, 15) is 5.11 Å². The van der Waals surface area contributed by atoms with Gasteiger partial charge < -0.3 is 9.84 Å². The largest absolute Gasteiger partial charge is 0.491 e. The van der Waals surface area contributed by atoms with Crippen LogP contribution in [0.1, 0.15) is 31.1 Å². The van der Waals surface area contributed by atoms with Gasteiger partial charge in [-0.3, -0.25) is 0 Å². The van der Waals surface area contributed by atoms with Crippen LogP contribution in [0.2, 0.25) is 5.02 Å². The highest BCUT2D eigenvalue weighted by Gasteiger charge is 2.14. The Kier molecular flexibility index (Phi) is 5.29. The molecule has 2 aromatic carbocycles. The number of hydrogen-bond acceptors (Lipinski definition) is 2. The highest BCUT2D eigenvalue weighted by atomic mass is 127. The van der Waals surface area contributed by atoms with Crippen LogP contribution in [0.4, 0.5) is 0 Å². The standard InChI is InChI=1S/C16H16ClIO2/c1-10(2)20-13-6-3-11(4-7-13)16(19)14-9-12(17)5-8-15(14)18/h3-10,16,19H,1-2H3. The second-order valence-corrected chi connectivity index (χ2v) is 6.40. The number of rotatable bonds is 4. The van der Waals surface area contributed by atoms with Crippen molar-refractivity contribution in [3.63, 3.8) is 0 Å². The summed E-state index contributed by atoms with van der Waals surface area (Å²) < 4.78 is 6.58. The third-order valence-electron chi connectivity index (χ3n) is 2.82. The quantitative estimate of drug-likeness (QED) is 0.744. The first-order chi connectivity index (χ1) is 9.47. The van der Waals surface area contributed by atoms with E-state index in [-0.39, 0.29) is 6.10 Å². The van der Waals surface area contributed by atoms with Crippen molar-refractivity contribution in [2.24, 2.45) is 0 Å². The van der Waals surface area contributed by atoms with Gasteiger partial charge in [0, 0.05) is 8.59 Å². The summed E-state index contributed by atoms with van der Waals surface area (Å²) in [5.41, 5.74) is 1.64. The van der Waals surface area contributed by atoms with E-state index >= 15 is 0 Å². The molecule has 0 aliphatic carbocycles. The zero-order chi connectivity index (χ0) is 14.7.